The Kier molecular flexibility index (Phi) is 5.20. The van der Waals surface area contributed by atoms with Gasteiger partial charge in [-0.1, -0.05) is 0 Å². The lowest BCUT2D eigenvalue weighted by Gasteiger charge is -2.27. The fourth-order valence-corrected chi connectivity index (χ4v) is 4.24. The molecular formula is C21H23F3N8. The minimum Gasteiger partial charge on any atom is -0.347 e. The van der Waals surface area contributed by atoms with Crippen molar-refractivity contribution in [3.8, 4) is 11.3 Å². The zero-order valence-corrected chi connectivity index (χ0v) is 17.7. The van der Waals surface area contributed by atoms with Crippen molar-refractivity contribution in [3.63, 3.8) is 0 Å². The third kappa shape index (κ3) is 3.66. The van der Waals surface area contributed by atoms with E-state index >= 15 is 0 Å². The zero-order valence-electron chi connectivity index (χ0n) is 17.7. The first-order chi connectivity index (χ1) is 15.4. The summed E-state index contributed by atoms with van der Waals surface area (Å²) >= 11 is 0. The van der Waals surface area contributed by atoms with Crippen LogP contribution in [0.25, 0.3) is 27.9 Å². The van der Waals surface area contributed by atoms with Crippen LogP contribution < -0.4 is 10.6 Å². The van der Waals surface area contributed by atoms with Gasteiger partial charge >= 0.3 is 0 Å². The van der Waals surface area contributed by atoms with Crippen LogP contribution in [-0.4, -0.2) is 60.9 Å². The topological polar surface area (TPSA) is 85.0 Å². The van der Waals surface area contributed by atoms with Crippen LogP contribution in [0.1, 0.15) is 17.9 Å². The minimum absolute atomic E-state index is 0.308. The van der Waals surface area contributed by atoms with Gasteiger partial charge in [-0.05, 0) is 45.0 Å². The molecule has 0 bridgehead atoms. The van der Waals surface area contributed by atoms with Crippen molar-refractivity contribution in [1.29, 1.82) is 0 Å². The van der Waals surface area contributed by atoms with Gasteiger partial charge in [-0.25, -0.2) is 32.6 Å². The SMILES string of the molecule is Cc1nc(NC2CCNCC2F)nn2ccc(-c3ccc4nc(C)n(CC(F)F)c4n3)c12. The van der Waals surface area contributed by atoms with E-state index in [0.29, 0.717) is 47.3 Å². The summed E-state index contributed by atoms with van der Waals surface area (Å²) in [6.07, 6.45) is -1.08. The second-order valence-corrected chi connectivity index (χ2v) is 8.00. The number of imidazole rings is 1. The van der Waals surface area contributed by atoms with Gasteiger partial charge in [0.05, 0.1) is 29.5 Å². The Bertz CT molecular complexity index is 1280. The largest absolute Gasteiger partial charge is 0.347 e. The molecule has 0 aliphatic carbocycles. The fourth-order valence-electron chi connectivity index (χ4n) is 4.24. The summed E-state index contributed by atoms with van der Waals surface area (Å²) < 4.78 is 43.4. The van der Waals surface area contributed by atoms with E-state index in [4.69, 9.17) is 0 Å². The number of hydrogen-bond acceptors (Lipinski definition) is 6. The fraction of sp³-hybridized carbons (Fsp3) is 0.429. The molecule has 4 aromatic rings. The summed E-state index contributed by atoms with van der Waals surface area (Å²) in [7, 11) is 0. The molecule has 1 aliphatic rings. The lowest BCUT2D eigenvalue weighted by molar-refractivity contribution is 0.127. The molecule has 11 heteroatoms. The lowest BCUT2D eigenvalue weighted by Crippen LogP contribution is -2.45. The molecule has 2 unspecified atom stereocenters. The molecule has 32 heavy (non-hydrogen) atoms. The number of pyridine rings is 1. The zero-order chi connectivity index (χ0) is 22.4. The first-order valence-electron chi connectivity index (χ1n) is 10.5. The van der Waals surface area contributed by atoms with Crippen LogP contribution in [0.5, 0.6) is 0 Å². The maximum absolute atomic E-state index is 14.2. The number of aromatic nitrogens is 6. The van der Waals surface area contributed by atoms with Gasteiger partial charge in [0, 0.05) is 18.3 Å². The molecule has 1 aliphatic heterocycles. The van der Waals surface area contributed by atoms with E-state index < -0.39 is 19.1 Å². The van der Waals surface area contributed by atoms with E-state index in [1.165, 1.54) is 4.57 Å². The minimum atomic E-state index is -2.50. The maximum atomic E-state index is 14.2. The van der Waals surface area contributed by atoms with Crippen molar-refractivity contribution in [1.82, 2.24) is 34.4 Å². The highest BCUT2D eigenvalue weighted by atomic mass is 19.3. The van der Waals surface area contributed by atoms with Gasteiger partial charge in [-0.15, -0.1) is 5.10 Å². The average molecular weight is 444 g/mol. The summed E-state index contributed by atoms with van der Waals surface area (Å²) in [6, 6.07) is 5.11. The van der Waals surface area contributed by atoms with Gasteiger partial charge in [-0.2, -0.15) is 0 Å². The summed E-state index contributed by atoms with van der Waals surface area (Å²) in [5.41, 5.74) is 3.83. The first kappa shape index (κ1) is 20.7. The van der Waals surface area contributed by atoms with Crippen LogP contribution >= 0.6 is 0 Å². The second kappa shape index (κ2) is 8.05. The number of nitrogens with zero attached hydrogens (tertiary/aromatic N) is 6. The number of fused-ring (bicyclic) bond motifs is 2. The Labute approximate surface area is 181 Å². The Morgan fingerprint density at radius 3 is 2.81 bits per heavy atom. The van der Waals surface area contributed by atoms with E-state index in [1.54, 1.807) is 23.7 Å². The van der Waals surface area contributed by atoms with Gasteiger partial charge in [0.1, 0.15) is 17.5 Å². The van der Waals surface area contributed by atoms with Crippen molar-refractivity contribution in [3.05, 3.63) is 35.9 Å². The summed E-state index contributed by atoms with van der Waals surface area (Å²) in [5.74, 6) is 0.853. The van der Waals surface area contributed by atoms with Crippen molar-refractivity contribution >= 4 is 22.6 Å². The molecule has 0 aromatic carbocycles. The van der Waals surface area contributed by atoms with Crippen LogP contribution in [-0.2, 0) is 6.54 Å². The third-order valence-corrected chi connectivity index (χ3v) is 5.79. The van der Waals surface area contributed by atoms with E-state index in [2.05, 4.69) is 30.7 Å². The quantitative estimate of drug-likeness (QED) is 0.492. The van der Waals surface area contributed by atoms with Crippen molar-refractivity contribution < 1.29 is 13.2 Å². The molecule has 1 saturated heterocycles. The Balaban J connectivity index is 1.53. The number of nitrogens with one attached hydrogen (secondary N) is 2. The molecule has 168 valence electrons. The summed E-state index contributed by atoms with van der Waals surface area (Å²) in [5, 5.41) is 10.6. The van der Waals surface area contributed by atoms with E-state index in [-0.39, 0.29) is 6.04 Å². The number of halogens is 3. The molecular weight excluding hydrogens is 421 g/mol. The Morgan fingerprint density at radius 1 is 1.19 bits per heavy atom. The summed E-state index contributed by atoms with van der Waals surface area (Å²) in [6.45, 7) is 4.13. The highest BCUT2D eigenvalue weighted by molar-refractivity contribution is 5.84. The van der Waals surface area contributed by atoms with Crippen LogP contribution in [0, 0.1) is 13.8 Å². The van der Waals surface area contributed by atoms with Gasteiger partial charge < -0.3 is 15.2 Å². The average Bonchev–Trinajstić information content (AvgIpc) is 3.31. The number of hydrogen-bond donors (Lipinski definition) is 2. The van der Waals surface area contributed by atoms with Crippen LogP contribution in [0.3, 0.4) is 0 Å². The third-order valence-electron chi connectivity index (χ3n) is 5.79. The van der Waals surface area contributed by atoms with E-state index in [1.807, 2.05) is 19.1 Å². The Morgan fingerprint density at radius 2 is 2.03 bits per heavy atom. The molecule has 1 fully saturated rings. The maximum Gasteiger partial charge on any atom is 0.256 e. The van der Waals surface area contributed by atoms with Gasteiger partial charge in [0.2, 0.25) is 5.95 Å². The molecule has 5 rings (SSSR count). The lowest BCUT2D eigenvalue weighted by atomic mass is 10.1. The normalized spacial score (nSPS) is 19.3. The number of aryl methyl sites for hydroxylation is 2. The van der Waals surface area contributed by atoms with Crippen molar-refractivity contribution in [2.24, 2.45) is 0 Å². The van der Waals surface area contributed by atoms with Crippen LogP contribution in [0.2, 0.25) is 0 Å². The number of anilines is 1. The van der Waals surface area contributed by atoms with Gasteiger partial charge in [-0.3, -0.25) is 0 Å². The molecule has 0 spiro atoms. The highest BCUT2D eigenvalue weighted by Gasteiger charge is 2.25. The Hall–Kier alpha value is -3.21. The van der Waals surface area contributed by atoms with E-state index in [0.717, 1.165) is 17.6 Å². The van der Waals surface area contributed by atoms with Gasteiger partial charge in [0.15, 0.2) is 5.65 Å². The second-order valence-electron chi connectivity index (χ2n) is 8.00. The molecule has 0 saturated carbocycles. The molecule has 5 heterocycles. The molecule has 2 atom stereocenters. The monoisotopic (exact) mass is 444 g/mol. The smallest absolute Gasteiger partial charge is 0.256 e. The number of alkyl halides is 3. The number of piperidine rings is 1. The van der Waals surface area contributed by atoms with Crippen LogP contribution in [0.15, 0.2) is 24.4 Å². The number of rotatable bonds is 5. The predicted molar refractivity (Wildman–Crippen MR) is 115 cm³/mol. The highest BCUT2D eigenvalue weighted by Crippen LogP contribution is 2.28. The predicted octanol–water partition coefficient (Wildman–Crippen LogP) is 3.13. The van der Waals surface area contributed by atoms with Crippen molar-refractivity contribution in [2.75, 3.05) is 18.4 Å². The molecule has 8 nitrogen and oxygen atoms in total. The van der Waals surface area contributed by atoms with Crippen molar-refractivity contribution in [2.45, 2.75) is 45.5 Å². The van der Waals surface area contributed by atoms with Gasteiger partial charge in [0.25, 0.3) is 6.43 Å². The van der Waals surface area contributed by atoms with E-state index in [9.17, 15) is 13.2 Å². The molecule has 2 N–H and O–H groups in total. The molecule has 0 amide bonds. The summed E-state index contributed by atoms with van der Waals surface area (Å²) in [4.78, 5) is 13.5. The van der Waals surface area contributed by atoms with Crippen LogP contribution in [0.4, 0.5) is 19.1 Å². The first-order valence-corrected chi connectivity index (χ1v) is 10.5. The molecule has 4 aromatic heterocycles. The standard InChI is InChI=1S/C21H23F3N8/c1-11-19-13(15-3-4-17-20(28-15)31(10-18(23)24)12(2)27-17)6-8-32(19)30-21(26-11)29-16-5-7-25-9-14(16)22/h3-4,6,8,14,16,18,25H,5,7,9-10H2,1-2H3,(H,29,30). The molecule has 0 radical (unpaired) electrons.